The molecule has 0 bridgehead atoms. The summed E-state index contributed by atoms with van der Waals surface area (Å²) in [5, 5.41) is 0. The van der Waals surface area contributed by atoms with Crippen LogP contribution in [-0.2, 0) is 25.7 Å². The van der Waals surface area contributed by atoms with Crippen molar-refractivity contribution in [3.63, 3.8) is 0 Å². The summed E-state index contributed by atoms with van der Waals surface area (Å²) in [5.74, 6) is 1.46. The summed E-state index contributed by atoms with van der Waals surface area (Å²) in [4.78, 5) is 15.6. The van der Waals surface area contributed by atoms with Crippen LogP contribution in [-0.4, -0.2) is 17.2 Å². The number of benzene rings is 2. The van der Waals surface area contributed by atoms with Gasteiger partial charge in [-0.1, -0.05) is 62.7 Å². The highest BCUT2D eigenvalue weighted by molar-refractivity contribution is 5.36. The fraction of sp³-hybridized carbons (Fsp3) is 0.393. The number of para-hydroxylation sites is 1. The number of aromatic amines is 1. The predicted molar refractivity (Wildman–Crippen MR) is 129 cm³/mol. The molecule has 0 amide bonds. The molecule has 1 N–H and O–H groups in total. The second kappa shape index (κ2) is 10.1. The zero-order valence-electron chi connectivity index (χ0n) is 19.2. The van der Waals surface area contributed by atoms with Crippen LogP contribution in [0.5, 0.6) is 11.6 Å². The fourth-order valence-corrected chi connectivity index (χ4v) is 4.34. The Labute approximate surface area is 190 Å². The zero-order valence-corrected chi connectivity index (χ0v) is 19.2. The van der Waals surface area contributed by atoms with Crippen molar-refractivity contribution in [1.82, 2.24) is 4.98 Å². The van der Waals surface area contributed by atoms with Crippen LogP contribution >= 0.6 is 0 Å². The number of pyridine rings is 1. The van der Waals surface area contributed by atoms with E-state index in [0.717, 1.165) is 56.4 Å². The van der Waals surface area contributed by atoms with E-state index in [1.54, 1.807) is 6.07 Å². The van der Waals surface area contributed by atoms with Gasteiger partial charge in [-0.2, -0.15) is 0 Å². The highest BCUT2D eigenvalue weighted by Crippen LogP contribution is 2.35. The zero-order chi connectivity index (χ0) is 22.4. The summed E-state index contributed by atoms with van der Waals surface area (Å²) in [6.07, 6.45) is 6.64. The number of H-pyrrole nitrogens is 1. The highest BCUT2D eigenvalue weighted by atomic mass is 16.5. The van der Waals surface area contributed by atoms with Crippen LogP contribution < -0.4 is 14.9 Å². The first-order chi connectivity index (χ1) is 15.6. The summed E-state index contributed by atoms with van der Waals surface area (Å²) in [5.41, 5.74) is 4.38. The lowest BCUT2D eigenvalue weighted by Crippen LogP contribution is -2.44. The number of nitrogens with one attached hydrogen (secondary N) is 1. The van der Waals surface area contributed by atoms with Crippen molar-refractivity contribution in [3.8, 4) is 11.6 Å². The molecule has 0 spiro atoms. The molecule has 0 saturated heterocycles. The Morgan fingerprint density at radius 1 is 0.969 bits per heavy atom. The third-order valence-electron chi connectivity index (χ3n) is 6.40. The standard InChI is InChI=1S/C28H33NO3/c1-3-7-21-10-12-22(13-11-21)14-15-24-18-25(30)19-27(29-24)31-20-28(4-2)17-16-23-8-5-6-9-26(23)32-28/h5-6,8-13,18-19H,3-4,7,14-17,20H2,1-2H3,(H,29,30). The van der Waals surface area contributed by atoms with Crippen LogP contribution in [0.25, 0.3) is 0 Å². The van der Waals surface area contributed by atoms with Gasteiger partial charge in [0.1, 0.15) is 18.0 Å². The van der Waals surface area contributed by atoms with Crippen LogP contribution in [0.4, 0.5) is 0 Å². The average molecular weight is 432 g/mol. The van der Waals surface area contributed by atoms with Crippen LogP contribution in [0, 0.1) is 0 Å². The molecule has 1 atom stereocenters. The van der Waals surface area contributed by atoms with Gasteiger partial charge in [0.05, 0.1) is 0 Å². The maximum absolute atomic E-state index is 12.3. The van der Waals surface area contributed by atoms with Crippen LogP contribution in [0.1, 0.15) is 55.5 Å². The molecule has 0 saturated carbocycles. The quantitative estimate of drug-likeness (QED) is 0.475. The first-order valence-electron chi connectivity index (χ1n) is 11.8. The van der Waals surface area contributed by atoms with Gasteiger partial charge in [0.2, 0.25) is 0 Å². The summed E-state index contributed by atoms with van der Waals surface area (Å²) >= 11 is 0. The van der Waals surface area contributed by atoms with Gasteiger partial charge in [-0.25, -0.2) is 0 Å². The van der Waals surface area contributed by atoms with Crippen molar-refractivity contribution in [2.75, 3.05) is 6.61 Å². The third-order valence-corrected chi connectivity index (χ3v) is 6.40. The first-order valence-corrected chi connectivity index (χ1v) is 11.8. The molecule has 2 aromatic carbocycles. The minimum Gasteiger partial charge on any atom is -0.483 e. The minimum absolute atomic E-state index is 0.0347. The van der Waals surface area contributed by atoms with Gasteiger partial charge >= 0.3 is 0 Å². The molecule has 3 aromatic rings. The Hall–Kier alpha value is -3.01. The number of ether oxygens (including phenoxy) is 2. The van der Waals surface area contributed by atoms with E-state index in [1.807, 2.05) is 18.2 Å². The molecule has 1 aromatic heterocycles. The Kier molecular flexibility index (Phi) is 6.99. The van der Waals surface area contributed by atoms with Gasteiger partial charge in [-0.3, -0.25) is 4.79 Å². The van der Waals surface area contributed by atoms with E-state index in [4.69, 9.17) is 9.47 Å². The minimum atomic E-state index is -0.374. The van der Waals surface area contributed by atoms with Crippen LogP contribution in [0.3, 0.4) is 0 Å². The van der Waals surface area contributed by atoms with E-state index >= 15 is 0 Å². The number of aromatic nitrogens is 1. The monoisotopic (exact) mass is 431 g/mol. The van der Waals surface area contributed by atoms with Crippen molar-refractivity contribution in [2.45, 2.75) is 64.4 Å². The molecule has 2 heterocycles. The maximum atomic E-state index is 12.3. The summed E-state index contributed by atoms with van der Waals surface area (Å²) in [7, 11) is 0. The molecule has 32 heavy (non-hydrogen) atoms. The molecular formula is C28H33NO3. The molecule has 1 unspecified atom stereocenters. The average Bonchev–Trinajstić information content (AvgIpc) is 2.82. The molecule has 4 heteroatoms. The number of rotatable bonds is 9. The maximum Gasteiger partial charge on any atom is 0.194 e. The van der Waals surface area contributed by atoms with Gasteiger partial charge in [-0.05, 0) is 61.3 Å². The second-order valence-electron chi connectivity index (χ2n) is 8.81. The van der Waals surface area contributed by atoms with Crippen molar-refractivity contribution in [1.29, 1.82) is 0 Å². The summed E-state index contributed by atoms with van der Waals surface area (Å²) < 4.78 is 12.5. The van der Waals surface area contributed by atoms with E-state index in [0.29, 0.717) is 12.5 Å². The van der Waals surface area contributed by atoms with Gasteiger partial charge in [0.15, 0.2) is 11.3 Å². The number of fused-ring (bicyclic) bond motifs is 1. The SMILES string of the molecule is CCCc1ccc(CCc2cc(=O)cc(OCC3(CC)CCc4ccccc4O3)[nH]2)cc1. The summed E-state index contributed by atoms with van der Waals surface area (Å²) in [6, 6.07) is 20.2. The third kappa shape index (κ3) is 5.42. The highest BCUT2D eigenvalue weighted by Gasteiger charge is 2.35. The van der Waals surface area contributed by atoms with E-state index in [9.17, 15) is 4.79 Å². The predicted octanol–water partition coefficient (Wildman–Crippen LogP) is 5.67. The number of aryl methyl sites for hydroxylation is 4. The Balaban J connectivity index is 1.40. The van der Waals surface area contributed by atoms with Crippen LogP contribution in [0.2, 0.25) is 0 Å². The second-order valence-corrected chi connectivity index (χ2v) is 8.81. The lowest BCUT2D eigenvalue weighted by molar-refractivity contribution is -0.00306. The molecule has 4 rings (SSSR count). The number of hydrogen-bond acceptors (Lipinski definition) is 3. The lowest BCUT2D eigenvalue weighted by Gasteiger charge is -2.37. The van der Waals surface area contributed by atoms with E-state index in [1.165, 1.54) is 22.8 Å². The van der Waals surface area contributed by atoms with Crippen molar-refractivity contribution >= 4 is 0 Å². The van der Waals surface area contributed by atoms with E-state index < -0.39 is 0 Å². The Morgan fingerprint density at radius 2 is 1.72 bits per heavy atom. The van der Waals surface area contributed by atoms with Crippen molar-refractivity contribution in [2.24, 2.45) is 0 Å². The molecule has 0 radical (unpaired) electrons. The number of hydrogen-bond donors (Lipinski definition) is 1. The Bertz CT molecular complexity index is 1090. The van der Waals surface area contributed by atoms with Crippen LogP contribution in [0.15, 0.2) is 65.5 Å². The van der Waals surface area contributed by atoms with Crippen molar-refractivity contribution in [3.05, 3.63) is 93.3 Å². The Morgan fingerprint density at radius 3 is 2.47 bits per heavy atom. The molecule has 1 aliphatic rings. The normalized spacial score (nSPS) is 17.4. The molecule has 4 nitrogen and oxygen atoms in total. The molecule has 0 aliphatic carbocycles. The smallest absolute Gasteiger partial charge is 0.194 e. The van der Waals surface area contributed by atoms with Gasteiger partial charge in [-0.15, -0.1) is 0 Å². The molecule has 0 fully saturated rings. The summed E-state index contributed by atoms with van der Waals surface area (Å²) in [6.45, 7) is 4.74. The van der Waals surface area contributed by atoms with E-state index in [2.05, 4.69) is 49.2 Å². The van der Waals surface area contributed by atoms with Crippen molar-refractivity contribution < 1.29 is 9.47 Å². The van der Waals surface area contributed by atoms with Gasteiger partial charge < -0.3 is 14.5 Å². The van der Waals surface area contributed by atoms with Gasteiger partial charge in [0, 0.05) is 17.8 Å². The first kappa shape index (κ1) is 22.2. The molecular weight excluding hydrogens is 398 g/mol. The lowest BCUT2D eigenvalue weighted by atomic mass is 9.89. The van der Waals surface area contributed by atoms with Gasteiger partial charge in [0.25, 0.3) is 0 Å². The largest absolute Gasteiger partial charge is 0.483 e. The topological polar surface area (TPSA) is 51.3 Å². The molecule has 1 aliphatic heterocycles. The fourth-order valence-electron chi connectivity index (χ4n) is 4.34. The molecule has 168 valence electrons. The van der Waals surface area contributed by atoms with E-state index in [-0.39, 0.29) is 11.0 Å².